The lowest BCUT2D eigenvalue weighted by molar-refractivity contribution is -0.173. The van der Waals surface area contributed by atoms with Crippen LogP contribution in [0.4, 0.5) is 18.0 Å². The van der Waals surface area contributed by atoms with E-state index < -0.39 is 60.7 Å². The summed E-state index contributed by atoms with van der Waals surface area (Å²) in [5, 5.41) is 2.05. The van der Waals surface area contributed by atoms with Gasteiger partial charge >= 0.3 is 12.3 Å². The zero-order chi connectivity index (χ0) is 31.6. The smallest absolute Gasteiger partial charge is 0.451 e. The van der Waals surface area contributed by atoms with Gasteiger partial charge in [-0.25, -0.2) is 4.79 Å². The van der Waals surface area contributed by atoms with Gasteiger partial charge in [-0.3, -0.25) is 19.3 Å². The molecule has 44 heavy (non-hydrogen) atoms. The number of ether oxygens (including phenoxy) is 4. The Morgan fingerprint density at radius 3 is 2.57 bits per heavy atom. The second kappa shape index (κ2) is 13.0. The summed E-state index contributed by atoms with van der Waals surface area (Å²) in [7, 11) is 1.41. The molecule has 10 nitrogen and oxygen atoms in total. The number of hydrogen-bond donors (Lipinski definition) is 0. The number of thioether (sulfide) groups is 1. The van der Waals surface area contributed by atoms with Crippen molar-refractivity contribution in [2.45, 2.75) is 35.8 Å². The van der Waals surface area contributed by atoms with E-state index in [-0.39, 0.29) is 13.2 Å². The molecule has 2 atom stereocenters. The Labute approximate surface area is 259 Å². The topological polar surface area (TPSA) is 99.5 Å². The molecule has 5 rings (SSSR count). The number of carbonyl (C=O) groups excluding carboxylic acids is 2. The molecular weight excluding hydrogens is 627 g/mol. The van der Waals surface area contributed by atoms with Crippen molar-refractivity contribution in [2.24, 2.45) is 0 Å². The molecule has 2 aliphatic heterocycles. The Hall–Kier alpha value is -3.88. The summed E-state index contributed by atoms with van der Waals surface area (Å²) in [6.45, 7) is -0.469. The number of hydrogen-bond acceptors (Lipinski definition) is 9. The molecule has 1 amide bonds. The number of amides is 1. The molecule has 0 N–H and O–H groups in total. The minimum atomic E-state index is -4.78. The van der Waals surface area contributed by atoms with E-state index >= 15 is 0 Å². The molecule has 0 saturated carbocycles. The van der Waals surface area contributed by atoms with Gasteiger partial charge in [-0.05, 0) is 35.7 Å². The molecule has 0 saturated heterocycles. The van der Waals surface area contributed by atoms with E-state index in [0.717, 1.165) is 34.6 Å². The number of rotatable bonds is 8. The van der Waals surface area contributed by atoms with E-state index in [9.17, 15) is 27.6 Å². The highest BCUT2D eigenvalue weighted by atomic mass is 35.5. The third kappa shape index (κ3) is 6.19. The van der Waals surface area contributed by atoms with Crippen molar-refractivity contribution in [3.63, 3.8) is 0 Å². The second-order valence-electron chi connectivity index (χ2n) is 9.81. The predicted molar refractivity (Wildman–Crippen MR) is 155 cm³/mol. The number of aromatic nitrogens is 1. The lowest BCUT2D eigenvalue weighted by Crippen LogP contribution is -2.60. The van der Waals surface area contributed by atoms with Gasteiger partial charge < -0.3 is 23.8 Å². The van der Waals surface area contributed by atoms with E-state index in [1.54, 1.807) is 17.1 Å². The van der Waals surface area contributed by atoms with Crippen LogP contribution in [-0.4, -0.2) is 67.6 Å². The number of benzene rings is 2. The van der Waals surface area contributed by atoms with Crippen molar-refractivity contribution in [1.82, 2.24) is 9.58 Å². The van der Waals surface area contributed by atoms with Crippen LogP contribution in [0.15, 0.2) is 64.4 Å². The van der Waals surface area contributed by atoms with Crippen molar-refractivity contribution < 1.29 is 41.7 Å². The standard InChI is InChI=1S/C29H27ClF3N3O7S/c1-17(29(31,32)33)34-15-36(24-18-7-5-8-21(30)20(18)14-44-23-9-4-3-6-19(23)24)35-11-10-22(37)26(25(35)27(34)38)42-16-43-28(39)41-13-12-40-2/h3-11,17,24H,12-16H2,1-2H3/t17-,24+/m1/s1. The monoisotopic (exact) mass is 653 g/mol. The fourth-order valence-corrected chi connectivity index (χ4v) is 6.48. The Morgan fingerprint density at radius 1 is 1.07 bits per heavy atom. The lowest BCUT2D eigenvalue weighted by atomic mass is 9.94. The summed E-state index contributed by atoms with van der Waals surface area (Å²) >= 11 is 8.15. The first kappa shape index (κ1) is 31.5. The van der Waals surface area contributed by atoms with Gasteiger partial charge in [-0.15, -0.1) is 11.8 Å². The molecule has 0 unspecified atom stereocenters. The molecule has 3 aromatic rings. The van der Waals surface area contributed by atoms with Crippen LogP contribution < -0.4 is 15.2 Å². The van der Waals surface area contributed by atoms with Crippen LogP contribution in [0.1, 0.15) is 40.1 Å². The van der Waals surface area contributed by atoms with Crippen LogP contribution in [0, 0.1) is 0 Å². The zero-order valence-corrected chi connectivity index (χ0v) is 25.1. The first-order chi connectivity index (χ1) is 21.0. The number of pyridine rings is 1. The quantitative estimate of drug-likeness (QED) is 0.181. The van der Waals surface area contributed by atoms with E-state index in [2.05, 4.69) is 0 Å². The van der Waals surface area contributed by atoms with Crippen molar-refractivity contribution in [3.05, 3.63) is 92.4 Å². The normalized spacial score (nSPS) is 16.8. The maximum atomic E-state index is 14.1. The molecular formula is C29H27ClF3N3O7S. The highest BCUT2D eigenvalue weighted by Crippen LogP contribution is 2.45. The Kier molecular flexibility index (Phi) is 9.32. The summed E-state index contributed by atoms with van der Waals surface area (Å²) in [6, 6.07) is 10.9. The Morgan fingerprint density at radius 2 is 1.82 bits per heavy atom. The Balaban J connectivity index is 1.64. The van der Waals surface area contributed by atoms with Crippen LogP contribution in [0.5, 0.6) is 5.75 Å². The number of methoxy groups -OCH3 is 1. The first-order valence-corrected chi connectivity index (χ1v) is 14.7. The van der Waals surface area contributed by atoms with Crippen LogP contribution >= 0.6 is 23.4 Å². The molecule has 0 aliphatic carbocycles. The molecule has 0 spiro atoms. The van der Waals surface area contributed by atoms with Crippen molar-refractivity contribution in [2.75, 3.05) is 38.8 Å². The van der Waals surface area contributed by atoms with Gasteiger partial charge in [0.2, 0.25) is 18.0 Å². The second-order valence-corrected chi connectivity index (χ2v) is 11.2. The van der Waals surface area contributed by atoms with Gasteiger partial charge in [0.1, 0.15) is 19.3 Å². The molecule has 0 bridgehead atoms. The average molecular weight is 654 g/mol. The van der Waals surface area contributed by atoms with Gasteiger partial charge in [-0.1, -0.05) is 41.9 Å². The van der Waals surface area contributed by atoms with Gasteiger partial charge in [0.05, 0.1) is 12.6 Å². The van der Waals surface area contributed by atoms with Crippen molar-refractivity contribution in [1.29, 1.82) is 0 Å². The van der Waals surface area contributed by atoms with Crippen LogP contribution in [-0.2, 0) is 20.0 Å². The van der Waals surface area contributed by atoms with E-state index in [1.165, 1.54) is 29.7 Å². The van der Waals surface area contributed by atoms with Crippen LogP contribution in [0.3, 0.4) is 0 Å². The summed E-state index contributed by atoms with van der Waals surface area (Å²) in [5.41, 5.74) is 1.00. The third-order valence-corrected chi connectivity index (χ3v) is 8.70. The fourth-order valence-electron chi connectivity index (χ4n) is 5.01. The molecule has 15 heteroatoms. The fraction of sp³-hybridized carbons (Fsp3) is 0.345. The third-order valence-electron chi connectivity index (χ3n) is 7.23. The van der Waals surface area contributed by atoms with Gasteiger partial charge in [0.25, 0.3) is 5.91 Å². The number of halogens is 4. The average Bonchev–Trinajstić information content (AvgIpc) is 3.15. The number of fused-ring (bicyclic) bond motifs is 3. The number of nitrogens with zero attached hydrogens (tertiary/aromatic N) is 3. The van der Waals surface area contributed by atoms with Crippen molar-refractivity contribution in [3.8, 4) is 5.75 Å². The molecule has 2 aromatic carbocycles. The maximum Gasteiger partial charge on any atom is 0.511 e. The minimum absolute atomic E-state index is 0.108. The van der Waals surface area contributed by atoms with Crippen LogP contribution in [0.25, 0.3) is 0 Å². The summed E-state index contributed by atoms with van der Waals surface area (Å²) in [4.78, 5) is 40.2. The van der Waals surface area contributed by atoms with Gasteiger partial charge in [-0.2, -0.15) is 13.2 Å². The molecule has 0 radical (unpaired) electrons. The summed E-state index contributed by atoms with van der Waals surface area (Å²) in [5.74, 6) is -1.18. The molecule has 0 fully saturated rings. The molecule has 234 valence electrons. The van der Waals surface area contributed by atoms with E-state index in [0.29, 0.717) is 15.7 Å². The number of carbonyl (C=O) groups is 2. The Bertz CT molecular complexity index is 1620. The molecule has 2 aliphatic rings. The van der Waals surface area contributed by atoms with Crippen molar-refractivity contribution >= 4 is 35.4 Å². The first-order valence-electron chi connectivity index (χ1n) is 13.3. The van der Waals surface area contributed by atoms with E-state index in [1.807, 2.05) is 30.3 Å². The lowest BCUT2D eigenvalue weighted by Gasteiger charge is -2.46. The predicted octanol–water partition coefficient (Wildman–Crippen LogP) is 5.34. The van der Waals surface area contributed by atoms with Crippen LogP contribution in [0.2, 0.25) is 5.02 Å². The summed E-state index contributed by atoms with van der Waals surface area (Å²) in [6.07, 6.45) is -4.61. The SMILES string of the molecule is COCCOC(=O)OCOc1c2n(ccc1=O)N([C@@H]1c3ccccc3SCc3c(Cl)cccc31)CN([C@H](C)C(F)(F)F)C2=O. The van der Waals surface area contributed by atoms with Gasteiger partial charge in [0.15, 0.2) is 5.69 Å². The zero-order valence-electron chi connectivity index (χ0n) is 23.5. The minimum Gasteiger partial charge on any atom is -0.451 e. The molecule has 1 aromatic heterocycles. The summed E-state index contributed by atoms with van der Waals surface area (Å²) < 4.78 is 63.6. The van der Waals surface area contributed by atoms with E-state index in [4.69, 9.17) is 30.5 Å². The highest BCUT2D eigenvalue weighted by molar-refractivity contribution is 7.98. The largest absolute Gasteiger partial charge is 0.511 e. The maximum absolute atomic E-state index is 14.1. The molecule has 3 heterocycles. The highest BCUT2D eigenvalue weighted by Gasteiger charge is 2.48. The number of alkyl halides is 3. The van der Waals surface area contributed by atoms with Gasteiger partial charge in [0, 0.05) is 35.0 Å².